The molecule has 0 aromatic heterocycles. The van der Waals surface area contributed by atoms with E-state index in [4.69, 9.17) is 16.2 Å². The summed E-state index contributed by atoms with van der Waals surface area (Å²) in [6, 6.07) is 3.21. The lowest BCUT2D eigenvalue weighted by Gasteiger charge is -2.36. The molecule has 0 saturated carbocycles. The highest BCUT2D eigenvalue weighted by molar-refractivity contribution is 6.20. The Bertz CT molecular complexity index is 1120. The van der Waals surface area contributed by atoms with Crippen molar-refractivity contribution in [3.8, 4) is 0 Å². The van der Waals surface area contributed by atoms with Crippen LogP contribution >= 0.6 is 0 Å². The van der Waals surface area contributed by atoms with Gasteiger partial charge in [-0.05, 0) is 24.3 Å². The van der Waals surface area contributed by atoms with E-state index in [0.29, 0.717) is 11.0 Å². The number of urea groups is 1. The van der Waals surface area contributed by atoms with Crippen molar-refractivity contribution in [1.29, 1.82) is 0 Å². The molecule has 3 rings (SSSR count). The van der Waals surface area contributed by atoms with Gasteiger partial charge in [-0.2, -0.15) is 0 Å². The van der Waals surface area contributed by atoms with Crippen LogP contribution in [-0.2, 0) is 4.74 Å². The van der Waals surface area contributed by atoms with Gasteiger partial charge in [0.05, 0.1) is 6.04 Å². The molecule has 2 aromatic rings. The van der Waals surface area contributed by atoms with Crippen molar-refractivity contribution in [1.82, 2.24) is 0 Å². The number of halogens is 4. The number of benzene rings is 2. The van der Waals surface area contributed by atoms with Crippen LogP contribution in [0.5, 0.6) is 0 Å². The second kappa shape index (κ2) is 8.69. The van der Waals surface area contributed by atoms with Crippen LogP contribution in [0.2, 0.25) is 0 Å². The Balaban J connectivity index is 2.16. The number of carbonyl (C=O) groups is 2. The Morgan fingerprint density at radius 3 is 2.31 bits per heavy atom. The maximum absolute atomic E-state index is 14.6. The molecule has 0 bridgehead atoms. The van der Waals surface area contributed by atoms with Crippen molar-refractivity contribution in [3.05, 3.63) is 77.4 Å². The van der Waals surface area contributed by atoms with Gasteiger partial charge in [-0.1, -0.05) is 25.1 Å². The molecule has 1 aliphatic rings. The molecule has 2 aromatic carbocycles. The van der Waals surface area contributed by atoms with Gasteiger partial charge in [0, 0.05) is 17.0 Å². The SMILES string of the molecule is CC1(COC(N)=O)C=CC(N(C(N)=O)c2c(F)cccc2F)=NC1c1ccc(F)cc1F. The molecule has 2 unspecified atom stereocenters. The molecule has 0 aliphatic carbocycles. The topological polar surface area (TPSA) is 111 Å². The van der Waals surface area contributed by atoms with Gasteiger partial charge in [0.2, 0.25) is 0 Å². The minimum absolute atomic E-state index is 0.123. The number of carbonyl (C=O) groups excluding carboxylic acids is 2. The number of nitrogens with two attached hydrogens (primary N) is 2. The molecule has 0 radical (unpaired) electrons. The zero-order valence-electron chi connectivity index (χ0n) is 16.7. The number of anilines is 1. The number of aliphatic imine (C=N–C) groups is 1. The largest absolute Gasteiger partial charge is 0.449 e. The number of ether oxygens (including phenoxy) is 1. The Morgan fingerprint density at radius 2 is 1.75 bits per heavy atom. The minimum atomic E-state index is -1.26. The maximum Gasteiger partial charge on any atom is 0.404 e. The van der Waals surface area contributed by atoms with Gasteiger partial charge in [-0.15, -0.1) is 0 Å². The summed E-state index contributed by atoms with van der Waals surface area (Å²) in [6.07, 6.45) is 1.53. The third-order valence-electron chi connectivity index (χ3n) is 4.89. The van der Waals surface area contributed by atoms with Crippen molar-refractivity contribution in [2.24, 2.45) is 21.9 Å². The van der Waals surface area contributed by atoms with Gasteiger partial charge in [-0.3, -0.25) is 4.99 Å². The molecule has 0 saturated heterocycles. The summed E-state index contributed by atoms with van der Waals surface area (Å²) >= 11 is 0. The number of primary amides is 2. The Labute approximate surface area is 180 Å². The first-order chi connectivity index (χ1) is 15.0. The molecule has 0 spiro atoms. The maximum atomic E-state index is 14.6. The highest BCUT2D eigenvalue weighted by atomic mass is 19.1. The van der Waals surface area contributed by atoms with Gasteiger partial charge < -0.3 is 16.2 Å². The predicted molar refractivity (Wildman–Crippen MR) is 108 cm³/mol. The van der Waals surface area contributed by atoms with Crippen LogP contribution in [0.15, 0.2) is 53.5 Å². The van der Waals surface area contributed by atoms with Gasteiger partial charge in [0.25, 0.3) is 0 Å². The second-order valence-electron chi connectivity index (χ2n) is 7.25. The summed E-state index contributed by atoms with van der Waals surface area (Å²) in [5.74, 6) is -4.30. The van der Waals surface area contributed by atoms with Crippen LogP contribution in [0.3, 0.4) is 0 Å². The minimum Gasteiger partial charge on any atom is -0.449 e. The van der Waals surface area contributed by atoms with E-state index < -0.39 is 52.5 Å². The van der Waals surface area contributed by atoms with Crippen LogP contribution in [0.1, 0.15) is 18.5 Å². The molecule has 0 fully saturated rings. The fraction of sp³-hybridized carbons (Fsp3) is 0.190. The number of dihydropyridines is 1. The number of hydrogen-bond acceptors (Lipinski definition) is 4. The molecular weight excluding hydrogens is 432 g/mol. The molecule has 3 amide bonds. The zero-order chi connectivity index (χ0) is 23.6. The van der Waals surface area contributed by atoms with Crippen molar-refractivity contribution >= 4 is 23.6 Å². The van der Waals surface area contributed by atoms with Crippen molar-refractivity contribution in [3.63, 3.8) is 0 Å². The first-order valence-corrected chi connectivity index (χ1v) is 9.21. The Hall–Kier alpha value is -3.89. The molecule has 11 heteroatoms. The van der Waals surface area contributed by atoms with Crippen molar-refractivity contribution in [2.75, 3.05) is 11.5 Å². The summed E-state index contributed by atoms with van der Waals surface area (Å²) < 4.78 is 61.7. The highest BCUT2D eigenvalue weighted by Gasteiger charge is 2.40. The molecule has 32 heavy (non-hydrogen) atoms. The summed E-state index contributed by atoms with van der Waals surface area (Å²) in [5, 5.41) is 0. The van der Waals surface area contributed by atoms with Gasteiger partial charge >= 0.3 is 12.1 Å². The molecule has 7 nitrogen and oxygen atoms in total. The quantitative estimate of drug-likeness (QED) is 0.689. The third kappa shape index (κ3) is 4.41. The van der Waals surface area contributed by atoms with E-state index in [9.17, 15) is 27.2 Å². The number of rotatable bonds is 4. The van der Waals surface area contributed by atoms with Gasteiger partial charge in [0.15, 0.2) is 0 Å². The first kappa shape index (κ1) is 22.8. The number of para-hydroxylation sites is 1. The summed E-state index contributed by atoms with van der Waals surface area (Å²) in [7, 11) is 0. The smallest absolute Gasteiger partial charge is 0.404 e. The van der Waals surface area contributed by atoms with E-state index in [1.54, 1.807) is 6.92 Å². The number of hydrogen-bond donors (Lipinski definition) is 2. The molecule has 2 atom stereocenters. The average molecular weight is 450 g/mol. The second-order valence-corrected chi connectivity index (χ2v) is 7.25. The monoisotopic (exact) mass is 450 g/mol. The van der Waals surface area contributed by atoms with E-state index in [-0.39, 0.29) is 18.0 Å². The van der Waals surface area contributed by atoms with E-state index >= 15 is 0 Å². The molecule has 1 aliphatic heterocycles. The summed E-state index contributed by atoms with van der Waals surface area (Å²) in [6.45, 7) is 1.18. The highest BCUT2D eigenvalue weighted by Crippen LogP contribution is 2.43. The van der Waals surface area contributed by atoms with Crippen LogP contribution < -0.4 is 16.4 Å². The van der Waals surface area contributed by atoms with Gasteiger partial charge in [-0.25, -0.2) is 32.1 Å². The normalized spacial score (nSPS) is 19.9. The van der Waals surface area contributed by atoms with Crippen LogP contribution in [0.25, 0.3) is 0 Å². The molecule has 168 valence electrons. The van der Waals surface area contributed by atoms with E-state index in [2.05, 4.69) is 4.99 Å². The predicted octanol–water partition coefficient (Wildman–Crippen LogP) is 3.94. The molecule has 4 N–H and O–H groups in total. The number of amides is 3. The Kier molecular flexibility index (Phi) is 6.19. The fourth-order valence-corrected chi connectivity index (χ4v) is 3.35. The third-order valence-corrected chi connectivity index (χ3v) is 4.89. The molecule has 1 heterocycles. The van der Waals surface area contributed by atoms with E-state index in [1.165, 1.54) is 12.2 Å². The summed E-state index contributed by atoms with van der Waals surface area (Å²) in [4.78, 5) is 28.0. The van der Waals surface area contributed by atoms with E-state index in [1.807, 2.05) is 0 Å². The zero-order valence-corrected chi connectivity index (χ0v) is 16.7. The lowest BCUT2D eigenvalue weighted by Crippen LogP contribution is -2.44. The van der Waals surface area contributed by atoms with Crippen LogP contribution in [0, 0.1) is 28.7 Å². The summed E-state index contributed by atoms with van der Waals surface area (Å²) in [5.41, 5.74) is 8.28. The molecular formula is C21H18F4N4O3. The Morgan fingerprint density at radius 1 is 1.09 bits per heavy atom. The van der Waals surface area contributed by atoms with E-state index in [0.717, 1.165) is 30.3 Å². The van der Waals surface area contributed by atoms with Crippen molar-refractivity contribution < 1.29 is 31.9 Å². The lowest BCUT2D eigenvalue weighted by molar-refractivity contribution is 0.106. The average Bonchev–Trinajstić information content (AvgIpc) is 2.70. The van der Waals surface area contributed by atoms with Gasteiger partial charge in [0.1, 0.15) is 41.4 Å². The van der Waals surface area contributed by atoms with Crippen molar-refractivity contribution in [2.45, 2.75) is 13.0 Å². The first-order valence-electron chi connectivity index (χ1n) is 9.21. The van der Waals surface area contributed by atoms with Crippen LogP contribution in [0.4, 0.5) is 32.8 Å². The number of amidine groups is 1. The lowest BCUT2D eigenvalue weighted by atomic mass is 9.77. The fourth-order valence-electron chi connectivity index (χ4n) is 3.35. The van der Waals surface area contributed by atoms with Crippen LogP contribution in [-0.4, -0.2) is 24.6 Å². The standard InChI is InChI=1S/C21H18F4N4O3/c1-21(10-32-20(27)31)8-7-16(28-18(21)12-6-5-11(22)9-15(12)25)29(19(26)30)17-13(23)3-2-4-14(17)24/h2-9,18H,10H2,1H3,(H2,26,30)(H2,27,31). The number of nitrogens with zero attached hydrogens (tertiary/aromatic N) is 2.